The van der Waals surface area contributed by atoms with Gasteiger partial charge in [-0.15, -0.1) is 0 Å². The quantitative estimate of drug-likeness (QED) is 0.217. The van der Waals surface area contributed by atoms with Crippen LogP contribution in [0.4, 0.5) is 0 Å². The zero-order valence-electron chi connectivity index (χ0n) is 22.0. The fraction of sp³-hybridized carbons (Fsp3) is 0.333. The second kappa shape index (κ2) is 9.67. The number of nitrogens with zero attached hydrogens (tertiary/aromatic N) is 2. The van der Waals surface area contributed by atoms with E-state index in [1.165, 1.54) is 31.1 Å². The number of carbonyl (C=O) groups excluding carboxylic acids is 4. The van der Waals surface area contributed by atoms with Crippen LogP contribution in [0.25, 0.3) is 5.76 Å². The molecular weight excluding hydrogens is 538 g/mol. The molecule has 14 nitrogen and oxygen atoms in total. The summed E-state index contributed by atoms with van der Waals surface area (Å²) in [6.07, 6.45) is 1.09. The molecule has 1 heterocycles. The molecule has 1 unspecified atom stereocenters. The molecule has 1 fully saturated rings. The number of primary amides is 1. The average molecular weight is 566 g/mol. The monoisotopic (exact) mass is 565 g/mol. The summed E-state index contributed by atoms with van der Waals surface area (Å²) >= 11 is 0. The molecule has 8 N–H and O–H groups in total. The summed E-state index contributed by atoms with van der Waals surface area (Å²) in [5.74, 6) is -8.05. The molecule has 2 aromatic rings. The highest BCUT2D eigenvalue weighted by molar-refractivity contribution is 6.24. The van der Waals surface area contributed by atoms with Crippen LogP contribution in [0, 0.1) is 11.8 Å². The van der Waals surface area contributed by atoms with Crippen molar-refractivity contribution < 1.29 is 39.6 Å². The van der Waals surface area contributed by atoms with Crippen molar-refractivity contribution in [2.75, 3.05) is 14.1 Å². The van der Waals surface area contributed by atoms with Crippen LogP contribution < -0.4 is 16.6 Å². The van der Waals surface area contributed by atoms with Gasteiger partial charge in [-0.05, 0) is 50.0 Å². The first-order valence-corrected chi connectivity index (χ1v) is 12.6. The molecule has 1 saturated carbocycles. The molecule has 4 atom stereocenters. The Morgan fingerprint density at radius 2 is 1.90 bits per heavy atom. The van der Waals surface area contributed by atoms with Gasteiger partial charge in [0, 0.05) is 24.1 Å². The van der Waals surface area contributed by atoms with Gasteiger partial charge in [-0.25, -0.2) is 4.98 Å². The van der Waals surface area contributed by atoms with Gasteiger partial charge in [0.25, 0.3) is 17.4 Å². The minimum absolute atomic E-state index is 0.0655. The Morgan fingerprint density at radius 3 is 2.54 bits per heavy atom. The summed E-state index contributed by atoms with van der Waals surface area (Å²) in [4.78, 5) is 70.8. The van der Waals surface area contributed by atoms with E-state index < -0.39 is 69.5 Å². The highest BCUT2D eigenvalue weighted by atomic mass is 16.3. The van der Waals surface area contributed by atoms with E-state index in [1.807, 2.05) is 0 Å². The number of amides is 2. The van der Waals surface area contributed by atoms with Crippen LogP contribution in [0.5, 0.6) is 5.75 Å². The number of aromatic amines is 1. The van der Waals surface area contributed by atoms with Crippen LogP contribution in [0.1, 0.15) is 33.6 Å². The third-order valence-electron chi connectivity index (χ3n) is 8.05. The summed E-state index contributed by atoms with van der Waals surface area (Å²) in [7, 11) is 3.03. The Morgan fingerprint density at radius 1 is 1.20 bits per heavy atom. The number of nitrogens with one attached hydrogen (secondary N) is 2. The molecule has 0 spiro atoms. The number of carbonyl (C=O) groups is 4. The third kappa shape index (κ3) is 4.10. The van der Waals surface area contributed by atoms with Crippen LogP contribution >= 0.6 is 0 Å². The Kier molecular flexibility index (Phi) is 6.54. The number of H-pyrrole nitrogens is 1. The number of Topliss-reactive ketones (excluding diaryl/α,β-unsaturated/α-hetero) is 2. The van der Waals surface area contributed by atoms with Crippen molar-refractivity contribution >= 4 is 29.1 Å². The van der Waals surface area contributed by atoms with E-state index >= 15 is 0 Å². The zero-order chi connectivity index (χ0) is 30.0. The fourth-order valence-corrected chi connectivity index (χ4v) is 6.23. The molecule has 1 aromatic heterocycles. The van der Waals surface area contributed by atoms with Crippen LogP contribution in [-0.2, 0) is 27.3 Å². The number of rotatable bonds is 5. The van der Waals surface area contributed by atoms with Crippen molar-refractivity contribution in [3.05, 3.63) is 74.2 Å². The molecule has 2 amide bonds. The van der Waals surface area contributed by atoms with Crippen molar-refractivity contribution in [3.8, 4) is 5.75 Å². The number of benzene rings is 1. The molecule has 41 heavy (non-hydrogen) atoms. The number of aliphatic hydroxyl groups is 3. The molecule has 3 aliphatic carbocycles. The SMILES string of the molecule is CN(C)C1C(=O)C(C(N)=O)=C(O)[C@@]2(O)C(=O)C3=C(O)c4c(O)ccc(CNC(=O)c5cc(=O)[nH]cn5)c4C[C@H]3C[C@@H]12. The minimum Gasteiger partial charge on any atom is -0.508 e. The molecule has 0 bridgehead atoms. The second-order valence-electron chi connectivity index (χ2n) is 10.5. The van der Waals surface area contributed by atoms with Crippen molar-refractivity contribution in [3.63, 3.8) is 0 Å². The fourth-order valence-electron chi connectivity index (χ4n) is 6.23. The van der Waals surface area contributed by atoms with E-state index in [1.54, 1.807) is 0 Å². The molecule has 0 saturated heterocycles. The van der Waals surface area contributed by atoms with Crippen LogP contribution in [0.2, 0.25) is 0 Å². The van der Waals surface area contributed by atoms with E-state index in [9.17, 15) is 44.4 Å². The van der Waals surface area contributed by atoms with Gasteiger partial charge in [-0.2, -0.15) is 0 Å². The van der Waals surface area contributed by atoms with Crippen LogP contribution in [-0.4, -0.2) is 84.4 Å². The number of phenolic OH excluding ortho intramolecular Hbond substituents is 1. The molecule has 14 heteroatoms. The Balaban J connectivity index is 1.58. The Labute approximate surface area is 231 Å². The molecule has 214 valence electrons. The van der Waals surface area contributed by atoms with E-state index in [2.05, 4.69) is 15.3 Å². The molecule has 1 aromatic carbocycles. The molecular formula is C27H27N5O9. The third-order valence-corrected chi connectivity index (χ3v) is 8.05. The predicted molar refractivity (Wildman–Crippen MR) is 140 cm³/mol. The lowest BCUT2D eigenvalue weighted by atomic mass is 9.57. The summed E-state index contributed by atoms with van der Waals surface area (Å²) in [5, 5.41) is 47.1. The molecule has 0 aliphatic heterocycles. The number of aromatic hydroxyl groups is 1. The summed E-state index contributed by atoms with van der Waals surface area (Å²) in [5.41, 5.74) is 1.60. The van der Waals surface area contributed by atoms with Crippen molar-refractivity contribution in [2.45, 2.75) is 31.0 Å². The minimum atomic E-state index is -2.73. The number of aromatic nitrogens is 2. The van der Waals surface area contributed by atoms with Gasteiger partial charge in [-0.1, -0.05) is 6.07 Å². The summed E-state index contributed by atoms with van der Waals surface area (Å²) in [6, 6.07) is 2.62. The largest absolute Gasteiger partial charge is 0.508 e. The van der Waals surface area contributed by atoms with Crippen LogP contribution in [0.15, 0.2) is 46.2 Å². The highest BCUT2D eigenvalue weighted by Crippen LogP contribution is 2.52. The lowest BCUT2D eigenvalue weighted by Crippen LogP contribution is -2.65. The van der Waals surface area contributed by atoms with Gasteiger partial charge in [0.05, 0.1) is 17.9 Å². The molecule has 3 aliphatic rings. The van der Waals surface area contributed by atoms with Gasteiger partial charge in [0.1, 0.15) is 28.5 Å². The number of phenols is 1. The number of fused-ring (bicyclic) bond motifs is 3. The van der Waals surface area contributed by atoms with E-state index in [0.717, 1.165) is 12.4 Å². The number of nitrogens with two attached hydrogens (primary N) is 1. The maximum absolute atomic E-state index is 13.9. The van der Waals surface area contributed by atoms with Gasteiger partial charge >= 0.3 is 0 Å². The average Bonchev–Trinajstić information content (AvgIpc) is 2.89. The Bertz CT molecular complexity index is 1660. The van der Waals surface area contributed by atoms with Gasteiger partial charge in [-0.3, -0.25) is 28.9 Å². The van der Waals surface area contributed by atoms with E-state index in [0.29, 0.717) is 11.1 Å². The number of hydrogen-bond donors (Lipinski definition) is 7. The summed E-state index contributed by atoms with van der Waals surface area (Å²) < 4.78 is 0. The molecule has 0 radical (unpaired) electrons. The topological polar surface area (TPSA) is 236 Å². The highest BCUT2D eigenvalue weighted by Gasteiger charge is 2.64. The lowest BCUT2D eigenvalue weighted by molar-refractivity contribution is -0.153. The Hall–Kier alpha value is -4.82. The number of likely N-dealkylation sites (N-methyl/N-ethyl adjacent to an activating group) is 1. The maximum Gasteiger partial charge on any atom is 0.270 e. The second-order valence-corrected chi connectivity index (χ2v) is 10.5. The first-order chi connectivity index (χ1) is 19.3. The maximum atomic E-state index is 13.9. The van der Waals surface area contributed by atoms with Gasteiger partial charge in [0.15, 0.2) is 11.4 Å². The van der Waals surface area contributed by atoms with Crippen molar-refractivity contribution in [1.82, 2.24) is 20.2 Å². The first kappa shape index (κ1) is 27.7. The van der Waals surface area contributed by atoms with Gasteiger partial charge < -0.3 is 36.5 Å². The molecule has 5 rings (SSSR count). The normalized spacial score (nSPS) is 25.5. The van der Waals surface area contributed by atoms with Crippen LogP contribution in [0.3, 0.4) is 0 Å². The van der Waals surface area contributed by atoms with Gasteiger partial charge in [0.2, 0.25) is 5.78 Å². The predicted octanol–water partition coefficient (Wildman–Crippen LogP) is -1.02. The number of ketones is 2. The van der Waals surface area contributed by atoms with Crippen molar-refractivity contribution in [2.24, 2.45) is 17.6 Å². The first-order valence-electron chi connectivity index (χ1n) is 12.6. The lowest BCUT2D eigenvalue weighted by Gasteiger charge is -2.50. The standard InChI is InChI=1S/C27H27N5O9/c1-32(2)20-13-6-11-5-12-10(8-29-26(40)14-7-16(34)31-9-30-14)3-4-15(33)18(12)21(35)17(11)23(37)27(13,41)24(38)19(22(20)36)25(28)39/h3-4,7,9,11,13,20,33,35,38,41H,5-6,8H2,1-2H3,(H2,28,39)(H,29,40)(H,30,31,34)/t11-,13-,20?,27-/m0/s1. The van der Waals surface area contributed by atoms with Crippen molar-refractivity contribution in [1.29, 1.82) is 0 Å². The summed E-state index contributed by atoms with van der Waals surface area (Å²) in [6.45, 7) is -0.0864. The van der Waals surface area contributed by atoms with E-state index in [4.69, 9.17) is 5.73 Å². The number of aliphatic hydroxyl groups excluding tert-OH is 2. The zero-order valence-corrected chi connectivity index (χ0v) is 22.0. The number of hydrogen-bond acceptors (Lipinski definition) is 11. The van der Waals surface area contributed by atoms with E-state index in [-0.39, 0.29) is 42.0 Å². The smallest absolute Gasteiger partial charge is 0.270 e.